The number of nitrogens with one attached hydrogen (secondary N) is 4. The number of rotatable bonds is 7. The minimum atomic E-state index is -0.292. The summed E-state index contributed by atoms with van der Waals surface area (Å²) in [5.74, 6) is -0.463. The lowest BCUT2D eigenvalue weighted by Crippen LogP contribution is -2.29. The molecule has 0 bridgehead atoms. The monoisotopic (exact) mass is 492 g/mol. The first-order valence-corrected chi connectivity index (χ1v) is 11.7. The van der Waals surface area contributed by atoms with Gasteiger partial charge in [0.25, 0.3) is 17.4 Å². The molecule has 0 saturated carbocycles. The van der Waals surface area contributed by atoms with Gasteiger partial charge < -0.3 is 26.7 Å². The molecule has 0 radical (unpaired) electrons. The molecule has 2 aromatic heterocycles. The van der Waals surface area contributed by atoms with Crippen molar-refractivity contribution in [2.45, 2.75) is 0 Å². The zero-order valence-corrected chi connectivity index (χ0v) is 19.7. The number of amides is 2. The van der Waals surface area contributed by atoms with Crippen LogP contribution in [0.15, 0.2) is 89.9 Å². The Labute approximate surface area is 211 Å². The number of fused-ring (bicyclic) bond motifs is 3. The maximum atomic E-state index is 12.7. The van der Waals surface area contributed by atoms with Crippen LogP contribution in [0.2, 0.25) is 0 Å². The second kappa shape index (κ2) is 10.3. The molecule has 0 atom stereocenters. The van der Waals surface area contributed by atoms with E-state index in [2.05, 4.69) is 25.9 Å². The van der Waals surface area contributed by atoms with Crippen LogP contribution in [0, 0.1) is 0 Å². The molecule has 37 heavy (non-hydrogen) atoms. The quantitative estimate of drug-likeness (QED) is 0.219. The summed E-state index contributed by atoms with van der Waals surface area (Å²) in [4.78, 5) is 44.8. The smallest absolute Gasteiger partial charge is 0.257 e. The van der Waals surface area contributed by atoms with Gasteiger partial charge in [-0.2, -0.15) is 0 Å². The molecule has 6 N–H and O–H groups in total. The molecule has 2 amide bonds. The molecule has 0 unspecified atom stereocenters. The number of H-pyrrole nitrogens is 1. The number of aromatic nitrogens is 2. The van der Waals surface area contributed by atoms with Crippen molar-refractivity contribution in [2.75, 3.05) is 23.7 Å². The third kappa shape index (κ3) is 5.02. The summed E-state index contributed by atoms with van der Waals surface area (Å²) in [6.45, 7) is 0.678. The van der Waals surface area contributed by atoms with Crippen LogP contribution in [0.3, 0.4) is 0 Å². The van der Waals surface area contributed by atoms with E-state index in [9.17, 15) is 14.4 Å². The predicted molar refractivity (Wildman–Crippen MR) is 145 cm³/mol. The van der Waals surface area contributed by atoms with Gasteiger partial charge in [0.2, 0.25) is 0 Å². The Hall–Kier alpha value is -5.02. The van der Waals surface area contributed by atoms with Crippen LogP contribution < -0.4 is 27.2 Å². The van der Waals surface area contributed by atoms with Crippen LogP contribution in [0.5, 0.6) is 0 Å². The van der Waals surface area contributed by atoms with Crippen LogP contribution in [0.1, 0.15) is 20.7 Å². The van der Waals surface area contributed by atoms with Gasteiger partial charge in [-0.05, 0) is 60.7 Å². The van der Waals surface area contributed by atoms with Crippen molar-refractivity contribution in [3.05, 3.63) is 107 Å². The van der Waals surface area contributed by atoms with Gasteiger partial charge in [0, 0.05) is 57.9 Å². The van der Waals surface area contributed by atoms with Gasteiger partial charge in [0.1, 0.15) is 5.65 Å². The van der Waals surface area contributed by atoms with E-state index < -0.39 is 0 Å². The van der Waals surface area contributed by atoms with Gasteiger partial charge >= 0.3 is 0 Å². The van der Waals surface area contributed by atoms with Crippen molar-refractivity contribution in [1.29, 1.82) is 0 Å². The summed E-state index contributed by atoms with van der Waals surface area (Å²) in [6.07, 6.45) is 1.60. The number of benzene rings is 3. The van der Waals surface area contributed by atoms with Crippen LogP contribution >= 0.6 is 0 Å². The average molecular weight is 493 g/mol. The zero-order chi connectivity index (χ0) is 25.8. The minimum absolute atomic E-state index is 0.192. The van der Waals surface area contributed by atoms with E-state index in [1.807, 2.05) is 30.3 Å². The van der Waals surface area contributed by atoms with Gasteiger partial charge in [-0.15, -0.1) is 0 Å². The number of pyridine rings is 2. The van der Waals surface area contributed by atoms with E-state index in [4.69, 9.17) is 5.73 Å². The molecule has 5 aromatic rings. The summed E-state index contributed by atoms with van der Waals surface area (Å²) in [5, 5.41) is 10.7. The van der Waals surface area contributed by atoms with E-state index in [1.54, 1.807) is 54.7 Å². The largest absolute Gasteiger partial charge is 0.355 e. The standard InChI is InChI=1S/C28H24N6O3/c29-13-15-31-26(35)18-6-11-21-22(16-18)24-23(12-14-30-25(24)34-28(21)37)32-19-7-9-20(10-8-19)33-27(36)17-4-2-1-3-5-17/h1-12,14,16H,13,15,29H2,(H,31,35)(H,33,36)(H2,30,32,34,37). The topological polar surface area (TPSA) is 142 Å². The molecule has 5 rings (SSSR count). The SMILES string of the molecule is NCCNC(=O)c1ccc2c(=O)[nH]c3nccc(Nc4ccc(NC(=O)c5ccccc5)cc4)c3c2c1. The zero-order valence-electron chi connectivity index (χ0n) is 19.7. The first-order valence-electron chi connectivity index (χ1n) is 11.7. The number of aromatic amines is 1. The number of nitrogens with two attached hydrogens (primary N) is 1. The molecule has 0 aliphatic rings. The van der Waals surface area contributed by atoms with E-state index in [0.717, 1.165) is 5.69 Å². The van der Waals surface area contributed by atoms with Gasteiger partial charge in [0.15, 0.2) is 0 Å². The van der Waals surface area contributed by atoms with Crippen molar-refractivity contribution < 1.29 is 9.59 Å². The highest BCUT2D eigenvalue weighted by Crippen LogP contribution is 2.30. The van der Waals surface area contributed by atoms with Gasteiger partial charge in [-0.25, -0.2) is 4.98 Å². The van der Waals surface area contributed by atoms with Crippen molar-refractivity contribution in [3.8, 4) is 0 Å². The minimum Gasteiger partial charge on any atom is -0.355 e. The third-order valence-electron chi connectivity index (χ3n) is 5.87. The van der Waals surface area contributed by atoms with Gasteiger partial charge in [-0.1, -0.05) is 18.2 Å². The lowest BCUT2D eigenvalue weighted by atomic mass is 10.0. The number of anilines is 3. The predicted octanol–water partition coefficient (Wildman–Crippen LogP) is 3.76. The average Bonchev–Trinajstić information content (AvgIpc) is 2.93. The molecule has 0 saturated heterocycles. The second-order valence-corrected chi connectivity index (χ2v) is 8.36. The molecule has 0 spiro atoms. The van der Waals surface area contributed by atoms with E-state index in [-0.39, 0.29) is 17.4 Å². The van der Waals surface area contributed by atoms with Crippen LogP contribution in [0.25, 0.3) is 21.8 Å². The van der Waals surface area contributed by atoms with Crippen molar-refractivity contribution in [3.63, 3.8) is 0 Å². The fraction of sp³-hybridized carbons (Fsp3) is 0.0714. The summed E-state index contributed by atoms with van der Waals surface area (Å²) in [5.41, 5.74) is 8.71. The summed E-state index contributed by atoms with van der Waals surface area (Å²) >= 11 is 0. The molecule has 184 valence electrons. The van der Waals surface area contributed by atoms with Crippen LogP contribution in [0.4, 0.5) is 17.1 Å². The number of hydrogen-bond acceptors (Lipinski definition) is 6. The molecule has 0 fully saturated rings. The number of carbonyl (C=O) groups is 2. The normalized spacial score (nSPS) is 10.8. The van der Waals surface area contributed by atoms with E-state index in [0.29, 0.717) is 57.4 Å². The molecule has 0 aliphatic carbocycles. The molecule has 3 aromatic carbocycles. The summed E-state index contributed by atoms with van der Waals surface area (Å²) in [7, 11) is 0. The fourth-order valence-electron chi connectivity index (χ4n) is 4.07. The van der Waals surface area contributed by atoms with Crippen molar-refractivity contribution >= 4 is 50.7 Å². The second-order valence-electron chi connectivity index (χ2n) is 8.36. The molecular weight excluding hydrogens is 468 g/mol. The Bertz CT molecular complexity index is 1660. The highest BCUT2D eigenvalue weighted by Gasteiger charge is 2.14. The maximum Gasteiger partial charge on any atom is 0.257 e. The van der Waals surface area contributed by atoms with E-state index >= 15 is 0 Å². The summed E-state index contributed by atoms with van der Waals surface area (Å²) < 4.78 is 0. The molecular formula is C28H24N6O3. The maximum absolute atomic E-state index is 12.7. The van der Waals surface area contributed by atoms with Crippen LogP contribution in [-0.4, -0.2) is 34.9 Å². The first-order chi connectivity index (χ1) is 18.0. The molecule has 2 heterocycles. The first kappa shape index (κ1) is 23.7. The third-order valence-corrected chi connectivity index (χ3v) is 5.87. The number of carbonyl (C=O) groups excluding carboxylic acids is 2. The fourth-order valence-corrected chi connectivity index (χ4v) is 4.07. The number of hydrogen-bond donors (Lipinski definition) is 5. The Kier molecular flexibility index (Phi) is 6.60. The Morgan fingerprint density at radius 2 is 1.59 bits per heavy atom. The summed E-state index contributed by atoms with van der Waals surface area (Å²) in [6, 6.07) is 23.0. The highest BCUT2D eigenvalue weighted by molar-refractivity contribution is 6.13. The highest BCUT2D eigenvalue weighted by atomic mass is 16.2. The van der Waals surface area contributed by atoms with Gasteiger partial charge in [-0.3, -0.25) is 14.4 Å². The lowest BCUT2D eigenvalue weighted by molar-refractivity contribution is 0.0954. The Morgan fingerprint density at radius 1 is 0.838 bits per heavy atom. The molecule has 9 nitrogen and oxygen atoms in total. The number of nitrogens with zero attached hydrogens (tertiary/aromatic N) is 1. The molecule has 9 heteroatoms. The lowest BCUT2D eigenvalue weighted by Gasteiger charge is -2.13. The van der Waals surface area contributed by atoms with E-state index in [1.165, 1.54) is 0 Å². The van der Waals surface area contributed by atoms with Gasteiger partial charge in [0.05, 0.1) is 5.69 Å². The Morgan fingerprint density at radius 3 is 2.35 bits per heavy atom. The van der Waals surface area contributed by atoms with Crippen molar-refractivity contribution in [2.24, 2.45) is 5.73 Å². The Balaban J connectivity index is 1.47. The van der Waals surface area contributed by atoms with Crippen LogP contribution in [-0.2, 0) is 0 Å². The molecule has 0 aliphatic heterocycles. The van der Waals surface area contributed by atoms with Crippen molar-refractivity contribution in [1.82, 2.24) is 15.3 Å².